The number of nitrogens with zero attached hydrogens (tertiary/aromatic N) is 1. The lowest BCUT2D eigenvalue weighted by Crippen LogP contribution is -2.04. The highest BCUT2D eigenvalue weighted by Crippen LogP contribution is 2.11. The normalized spacial score (nSPS) is 9.83. The van der Waals surface area contributed by atoms with Crippen LogP contribution in [0.5, 0.6) is 0 Å². The molecular formula is C8H9NO3. The minimum atomic E-state index is -1.02. The molecule has 4 nitrogen and oxygen atoms in total. The fraction of sp³-hybridized carbons (Fsp3) is 0.250. The van der Waals surface area contributed by atoms with Gasteiger partial charge in [-0.25, -0.2) is 4.79 Å². The monoisotopic (exact) mass is 167 g/mol. The molecule has 0 radical (unpaired) electrons. The standard InChI is InChI=1S/C8H9NO3/c1-5-6(4-10)3-7(8(11)12)9(5)2/h3-4H,1-2H3,(H,11,12). The molecule has 1 aromatic heterocycles. The van der Waals surface area contributed by atoms with E-state index in [1.165, 1.54) is 10.6 Å². The van der Waals surface area contributed by atoms with Crippen LogP contribution < -0.4 is 0 Å². The van der Waals surface area contributed by atoms with Crippen LogP contribution in [-0.4, -0.2) is 21.9 Å². The molecule has 0 spiro atoms. The van der Waals surface area contributed by atoms with E-state index in [0.29, 0.717) is 17.5 Å². The Balaban J connectivity index is 3.34. The van der Waals surface area contributed by atoms with Gasteiger partial charge in [0.1, 0.15) is 5.69 Å². The van der Waals surface area contributed by atoms with Crippen molar-refractivity contribution in [3.63, 3.8) is 0 Å². The third-order valence-electron chi connectivity index (χ3n) is 1.92. The average Bonchev–Trinajstić information content (AvgIpc) is 2.30. The molecule has 1 rings (SSSR count). The molecule has 12 heavy (non-hydrogen) atoms. The molecule has 0 saturated heterocycles. The number of carbonyl (C=O) groups excluding carboxylic acids is 1. The average molecular weight is 167 g/mol. The van der Waals surface area contributed by atoms with Gasteiger partial charge >= 0.3 is 5.97 Å². The Morgan fingerprint density at radius 3 is 2.50 bits per heavy atom. The number of carbonyl (C=O) groups is 2. The fourth-order valence-corrected chi connectivity index (χ4v) is 1.05. The second kappa shape index (κ2) is 2.81. The van der Waals surface area contributed by atoms with Crippen LogP contribution in [0.2, 0.25) is 0 Å². The van der Waals surface area contributed by atoms with Crippen molar-refractivity contribution in [3.05, 3.63) is 23.0 Å². The second-order valence-electron chi connectivity index (χ2n) is 2.55. The fourth-order valence-electron chi connectivity index (χ4n) is 1.05. The van der Waals surface area contributed by atoms with Crippen molar-refractivity contribution in [2.45, 2.75) is 6.92 Å². The van der Waals surface area contributed by atoms with Crippen LogP contribution in [0.4, 0.5) is 0 Å². The molecule has 1 heterocycles. The Hall–Kier alpha value is -1.58. The number of aldehydes is 1. The van der Waals surface area contributed by atoms with Crippen molar-refractivity contribution in [3.8, 4) is 0 Å². The van der Waals surface area contributed by atoms with Crippen molar-refractivity contribution >= 4 is 12.3 Å². The minimum absolute atomic E-state index is 0.134. The van der Waals surface area contributed by atoms with E-state index < -0.39 is 5.97 Å². The molecule has 0 aliphatic rings. The molecule has 0 aliphatic carbocycles. The molecule has 0 fully saturated rings. The minimum Gasteiger partial charge on any atom is -0.477 e. The molecule has 0 unspecified atom stereocenters. The van der Waals surface area contributed by atoms with E-state index in [9.17, 15) is 9.59 Å². The molecular weight excluding hydrogens is 158 g/mol. The number of carboxylic acid groups (broad SMARTS) is 1. The Labute approximate surface area is 69.4 Å². The van der Waals surface area contributed by atoms with Gasteiger partial charge in [0, 0.05) is 18.3 Å². The van der Waals surface area contributed by atoms with Crippen LogP contribution in [0.3, 0.4) is 0 Å². The zero-order valence-electron chi connectivity index (χ0n) is 6.87. The maximum atomic E-state index is 10.6. The molecule has 0 amide bonds. The quantitative estimate of drug-likeness (QED) is 0.664. The first kappa shape index (κ1) is 8.52. The van der Waals surface area contributed by atoms with E-state index in [-0.39, 0.29) is 5.69 Å². The summed E-state index contributed by atoms with van der Waals surface area (Å²) in [6, 6.07) is 1.37. The summed E-state index contributed by atoms with van der Waals surface area (Å²) < 4.78 is 1.48. The number of hydrogen-bond acceptors (Lipinski definition) is 2. The lowest BCUT2D eigenvalue weighted by Gasteiger charge is -1.98. The van der Waals surface area contributed by atoms with Gasteiger partial charge in [0.2, 0.25) is 0 Å². The number of rotatable bonds is 2. The van der Waals surface area contributed by atoms with Crippen LogP contribution in [0.1, 0.15) is 26.5 Å². The van der Waals surface area contributed by atoms with E-state index in [4.69, 9.17) is 5.11 Å². The van der Waals surface area contributed by atoms with E-state index in [1.807, 2.05) is 0 Å². The predicted molar refractivity (Wildman–Crippen MR) is 42.5 cm³/mol. The van der Waals surface area contributed by atoms with Crippen molar-refractivity contribution < 1.29 is 14.7 Å². The van der Waals surface area contributed by atoms with Gasteiger partial charge < -0.3 is 9.67 Å². The van der Waals surface area contributed by atoms with E-state index in [0.717, 1.165) is 0 Å². The van der Waals surface area contributed by atoms with Gasteiger partial charge in [0.25, 0.3) is 0 Å². The molecule has 0 bridgehead atoms. The molecule has 0 aromatic carbocycles. The first-order chi connectivity index (χ1) is 5.57. The van der Waals surface area contributed by atoms with Crippen molar-refractivity contribution in [2.24, 2.45) is 7.05 Å². The summed E-state index contributed by atoms with van der Waals surface area (Å²) in [5.41, 5.74) is 1.23. The predicted octanol–water partition coefficient (Wildman–Crippen LogP) is 0.844. The van der Waals surface area contributed by atoms with Gasteiger partial charge in [0.15, 0.2) is 6.29 Å². The van der Waals surface area contributed by atoms with Crippen LogP contribution in [0.25, 0.3) is 0 Å². The Bertz CT molecular complexity index is 338. The number of aromatic nitrogens is 1. The zero-order chi connectivity index (χ0) is 9.30. The summed E-state index contributed by atoms with van der Waals surface area (Å²) >= 11 is 0. The molecule has 64 valence electrons. The lowest BCUT2D eigenvalue weighted by atomic mass is 10.3. The third kappa shape index (κ3) is 1.11. The maximum absolute atomic E-state index is 10.6. The highest BCUT2D eigenvalue weighted by molar-refractivity contribution is 5.90. The molecule has 4 heteroatoms. The van der Waals surface area contributed by atoms with E-state index >= 15 is 0 Å². The van der Waals surface area contributed by atoms with Gasteiger partial charge in [0.05, 0.1) is 0 Å². The smallest absolute Gasteiger partial charge is 0.352 e. The van der Waals surface area contributed by atoms with Gasteiger partial charge in [-0.3, -0.25) is 4.79 Å². The SMILES string of the molecule is Cc1c(C=O)cc(C(=O)O)n1C. The van der Waals surface area contributed by atoms with Crippen LogP contribution in [0.15, 0.2) is 6.07 Å². The van der Waals surface area contributed by atoms with Crippen molar-refractivity contribution in [2.75, 3.05) is 0 Å². The summed E-state index contributed by atoms with van der Waals surface area (Å²) in [7, 11) is 1.62. The first-order valence-corrected chi connectivity index (χ1v) is 3.42. The third-order valence-corrected chi connectivity index (χ3v) is 1.92. The van der Waals surface area contributed by atoms with Crippen LogP contribution in [-0.2, 0) is 7.05 Å². The molecule has 0 aliphatic heterocycles. The van der Waals surface area contributed by atoms with Crippen molar-refractivity contribution in [1.29, 1.82) is 0 Å². The van der Waals surface area contributed by atoms with Crippen LogP contribution >= 0.6 is 0 Å². The molecule has 1 N–H and O–H groups in total. The number of hydrogen-bond donors (Lipinski definition) is 1. The van der Waals surface area contributed by atoms with Gasteiger partial charge in [-0.2, -0.15) is 0 Å². The maximum Gasteiger partial charge on any atom is 0.352 e. The second-order valence-corrected chi connectivity index (χ2v) is 2.55. The summed E-state index contributed by atoms with van der Waals surface area (Å²) in [5.74, 6) is -1.02. The highest BCUT2D eigenvalue weighted by atomic mass is 16.4. The highest BCUT2D eigenvalue weighted by Gasteiger charge is 2.12. The largest absolute Gasteiger partial charge is 0.477 e. The summed E-state index contributed by atoms with van der Waals surface area (Å²) in [6.07, 6.45) is 0.655. The Morgan fingerprint density at radius 2 is 2.25 bits per heavy atom. The summed E-state index contributed by atoms with van der Waals surface area (Å²) in [6.45, 7) is 1.70. The van der Waals surface area contributed by atoms with Crippen molar-refractivity contribution in [1.82, 2.24) is 4.57 Å². The van der Waals surface area contributed by atoms with Crippen LogP contribution in [0, 0.1) is 6.92 Å². The summed E-state index contributed by atoms with van der Waals surface area (Å²) in [5, 5.41) is 8.66. The van der Waals surface area contributed by atoms with Gasteiger partial charge in [-0.15, -0.1) is 0 Å². The molecule has 0 atom stereocenters. The lowest BCUT2D eigenvalue weighted by molar-refractivity contribution is 0.0686. The van der Waals surface area contributed by atoms with Gasteiger partial charge in [-0.1, -0.05) is 0 Å². The molecule has 0 saturated carbocycles. The van der Waals surface area contributed by atoms with E-state index in [2.05, 4.69) is 0 Å². The topological polar surface area (TPSA) is 59.3 Å². The zero-order valence-corrected chi connectivity index (χ0v) is 6.87. The van der Waals surface area contributed by atoms with Gasteiger partial charge in [-0.05, 0) is 13.0 Å². The summed E-state index contributed by atoms with van der Waals surface area (Å²) in [4.78, 5) is 21.0. The number of carboxylic acids is 1. The Morgan fingerprint density at radius 1 is 1.67 bits per heavy atom. The Kier molecular flexibility index (Phi) is 1.99. The van der Waals surface area contributed by atoms with E-state index in [1.54, 1.807) is 14.0 Å². The first-order valence-electron chi connectivity index (χ1n) is 3.42. The molecule has 1 aromatic rings. The number of aromatic carboxylic acids is 1.